The highest BCUT2D eigenvalue weighted by atomic mass is 35.5. The zero-order valence-electron chi connectivity index (χ0n) is 11.1. The lowest BCUT2D eigenvalue weighted by molar-refractivity contribution is 0.789. The molecule has 2 N–H and O–H groups in total. The smallest absolute Gasteiger partial charge is 0.101 e. The van der Waals surface area contributed by atoms with E-state index in [4.69, 9.17) is 17.3 Å². The van der Waals surface area contributed by atoms with Crippen molar-refractivity contribution in [2.24, 2.45) is 5.73 Å². The predicted octanol–water partition coefficient (Wildman–Crippen LogP) is 3.18. The summed E-state index contributed by atoms with van der Waals surface area (Å²) in [7, 11) is 0. The molecule has 0 fully saturated rings. The molecule has 0 atom stereocenters. The van der Waals surface area contributed by atoms with Gasteiger partial charge in [0.25, 0.3) is 0 Å². The van der Waals surface area contributed by atoms with Crippen LogP contribution in [0.25, 0.3) is 0 Å². The van der Waals surface area contributed by atoms with Gasteiger partial charge < -0.3 is 10.6 Å². The van der Waals surface area contributed by atoms with Gasteiger partial charge in [0.2, 0.25) is 0 Å². The number of nitrogens with two attached hydrogens (primary N) is 1. The third kappa shape index (κ3) is 3.51. The van der Waals surface area contributed by atoms with Gasteiger partial charge in [-0.05, 0) is 23.8 Å². The van der Waals surface area contributed by atoms with Gasteiger partial charge in [-0.1, -0.05) is 41.9 Å². The summed E-state index contributed by atoms with van der Waals surface area (Å²) in [6.07, 6.45) is 0. The summed E-state index contributed by atoms with van der Waals surface area (Å²) in [4.78, 5) is 2.10. The Morgan fingerprint density at radius 2 is 1.90 bits per heavy atom. The molecule has 2 rings (SSSR count). The van der Waals surface area contributed by atoms with Gasteiger partial charge in [0.05, 0.1) is 11.3 Å². The van der Waals surface area contributed by atoms with Crippen LogP contribution in [0, 0.1) is 11.3 Å². The topological polar surface area (TPSA) is 53.0 Å². The summed E-state index contributed by atoms with van der Waals surface area (Å²) < 4.78 is 0. The second-order valence-corrected chi connectivity index (χ2v) is 4.91. The van der Waals surface area contributed by atoms with Gasteiger partial charge >= 0.3 is 0 Å². The average molecular weight is 286 g/mol. The molecule has 0 amide bonds. The number of hydrogen-bond donors (Lipinski definition) is 1. The quantitative estimate of drug-likeness (QED) is 0.918. The fraction of sp³-hybridized carbons (Fsp3) is 0.188. The predicted molar refractivity (Wildman–Crippen MR) is 82.7 cm³/mol. The molecule has 0 aromatic heterocycles. The van der Waals surface area contributed by atoms with Crippen LogP contribution >= 0.6 is 11.6 Å². The molecule has 0 saturated heterocycles. The van der Waals surface area contributed by atoms with Crippen molar-refractivity contribution in [3.05, 3.63) is 64.7 Å². The Bertz CT molecular complexity index is 605. The largest absolute Gasteiger partial charge is 0.365 e. The van der Waals surface area contributed by atoms with E-state index in [1.54, 1.807) is 12.1 Å². The van der Waals surface area contributed by atoms with Crippen LogP contribution in [0.3, 0.4) is 0 Å². The molecule has 0 bridgehead atoms. The van der Waals surface area contributed by atoms with Gasteiger partial charge in [-0.3, -0.25) is 0 Å². The molecule has 2 aromatic rings. The lowest BCUT2D eigenvalue weighted by atomic mass is 10.1. The highest BCUT2D eigenvalue weighted by molar-refractivity contribution is 6.30. The number of nitriles is 1. The van der Waals surface area contributed by atoms with Crippen molar-refractivity contribution in [3.8, 4) is 6.07 Å². The molecule has 0 radical (unpaired) electrons. The first-order valence-electron chi connectivity index (χ1n) is 6.43. The lowest BCUT2D eigenvalue weighted by Crippen LogP contribution is -2.29. The van der Waals surface area contributed by atoms with Crippen molar-refractivity contribution >= 4 is 17.3 Å². The van der Waals surface area contributed by atoms with E-state index in [0.29, 0.717) is 30.2 Å². The van der Waals surface area contributed by atoms with Crippen LogP contribution in [0.15, 0.2) is 48.5 Å². The molecular weight excluding hydrogens is 270 g/mol. The van der Waals surface area contributed by atoms with Gasteiger partial charge in [-0.2, -0.15) is 5.26 Å². The number of benzene rings is 2. The Hall–Kier alpha value is -2.02. The number of anilines is 1. The van der Waals surface area contributed by atoms with E-state index in [1.165, 1.54) is 5.56 Å². The van der Waals surface area contributed by atoms with Crippen molar-refractivity contribution in [2.45, 2.75) is 6.54 Å². The van der Waals surface area contributed by atoms with E-state index in [2.05, 4.69) is 23.1 Å². The molecule has 0 heterocycles. The molecule has 102 valence electrons. The highest BCUT2D eigenvalue weighted by Gasteiger charge is 2.11. The van der Waals surface area contributed by atoms with E-state index in [1.807, 2.05) is 24.3 Å². The van der Waals surface area contributed by atoms with Crippen molar-refractivity contribution in [2.75, 3.05) is 18.0 Å². The summed E-state index contributed by atoms with van der Waals surface area (Å²) in [5.74, 6) is 0. The summed E-state index contributed by atoms with van der Waals surface area (Å²) in [5, 5.41) is 9.83. The normalized spacial score (nSPS) is 10.1. The van der Waals surface area contributed by atoms with Crippen LogP contribution in [-0.4, -0.2) is 13.1 Å². The monoisotopic (exact) mass is 285 g/mol. The van der Waals surface area contributed by atoms with Gasteiger partial charge in [-0.15, -0.1) is 0 Å². The minimum atomic E-state index is 0.528. The Labute approximate surface area is 124 Å². The molecular formula is C16H16ClN3. The molecule has 20 heavy (non-hydrogen) atoms. The number of nitrogens with zero attached hydrogens (tertiary/aromatic N) is 2. The molecule has 2 aromatic carbocycles. The van der Waals surface area contributed by atoms with Crippen molar-refractivity contribution in [1.82, 2.24) is 0 Å². The van der Waals surface area contributed by atoms with Crippen LogP contribution in [0.2, 0.25) is 5.02 Å². The number of rotatable bonds is 5. The summed E-state index contributed by atoms with van der Waals surface area (Å²) in [6, 6.07) is 17.7. The van der Waals surface area contributed by atoms with Crippen molar-refractivity contribution in [1.29, 1.82) is 5.26 Å². The van der Waals surface area contributed by atoms with Gasteiger partial charge in [0.15, 0.2) is 0 Å². The van der Waals surface area contributed by atoms with Crippen LogP contribution in [-0.2, 0) is 6.54 Å². The fourth-order valence-electron chi connectivity index (χ4n) is 2.12. The van der Waals surface area contributed by atoms with Crippen LogP contribution < -0.4 is 10.6 Å². The van der Waals surface area contributed by atoms with Crippen molar-refractivity contribution in [3.63, 3.8) is 0 Å². The van der Waals surface area contributed by atoms with E-state index in [0.717, 1.165) is 5.69 Å². The molecule has 0 unspecified atom stereocenters. The van der Waals surface area contributed by atoms with E-state index >= 15 is 0 Å². The molecule has 0 spiro atoms. The minimum absolute atomic E-state index is 0.528. The van der Waals surface area contributed by atoms with Crippen LogP contribution in [0.4, 0.5) is 5.69 Å². The zero-order chi connectivity index (χ0) is 14.4. The second kappa shape index (κ2) is 6.95. The van der Waals surface area contributed by atoms with Crippen molar-refractivity contribution < 1.29 is 0 Å². The molecule has 0 aliphatic rings. The molecule has 0 saturated carbocycles. The second-order valence-electron chi connectivity index (χ2n) is 4.47. The van der Waals surface area contributed by atoms with Gasteiger partial charge in [-0.25, -0.2) is 0 Å². The zero-order valence-corrected chi connectivity index (χ0v) is 11.8. The van der Waals surface area contributed by atoms with E-state index in [-0.39, 0.29) is 0 Å². The first-order chi connectivity index (χ1) is 9.74. The maximum atomic E-state index is 9.26. The summed E-state index contributed by atoms with van der Waals surface area (Å²) in [5.41, 5.74) is 8.31. The Kier molecular flexibility index (Phi) is 5.00. The highest BCUT2D eigenvalue weighted by Crippen LogP contribution is 2.25. The fourth-order valence-corrected chi connectivity index (χ4v) is 2.29. The molecule has 0 aliphatic carbocycles. The Morgan fingerprint density at radius 3 is 2.55 bits per heavy atom. The number of hydrogen-bond acceptors (Lipinski definition) is 3. The third-order valence-corrected chi connectivity index (χ3v) is 3.27. The summed E-state index contributed by atoms with van der Waals surface area (Å²) >= 11 is 5.94. The van der Waals surface area contributed by atoms with Crippen LogP contribution in [0.1, 0.15) is 11.1 Å². The van der Waals surface area contributed by atoms with Gasteiger partial charge in [0.1, 0.15) is 6.07 Å². The first kappa shape index (κ1) is 14.4. The first-order valence-corrected chi connectivity index (χ1v) is 6.81. The third-order valence-electron chi connectivity index (χ3n) is 3.04. The lowest BCUT2D eigenvalue weighted by Gasteiger charge is -2.25. The SMILES string of the molecule is N#Cc1cc(Cl)ccc1N(CCN)Cc1ccccc1. The Morgan fingerprint density at radius 1 is 1.15 bits per heavy atom. The van der Waals surface area contributed by atoms with E-state index < -0.39 is 0 Å². The minimum Gasteiger partial charge on any atom is -0.365 e. The van der Waals surface area contributed by atoms with E-state index in [9.17, 15) is 5.26 Å². The maximum Gasteiger partial charge on any atom is 0.101 e. The maximum absolute atomic E-state index is 9.26. The van der Waals surface area contributed by atoms with Gasteiger partial charge in [0, 0.05) is 24.7 Å². The molecule has 3 nitrogen and oxygen atoms in total. The Balaban J connectivity index is 2.31. The average Bonchev–Trinajstić information content (AvgIpc) is 2.48. The number of halogens is 1. The van der Waals surface area contributed by atoms with Crippen LogP contribution in [0.5, 0.6) is 0 Å². The molecule has 4 heteroatoms. The molecule has 0 aliphatic heterocycles. The standard InChI is InChI=1S/C16H16ClN3/c17-15-6-7-16(14(10-15)11-19)20(9-8-18)12-13-4-2-1-3-5-13/h1-7,10H,8-9,12,18H2. The summed E-state index contributed by atoms with van der Waals surface area (Å²) in [6.45, 7) is 1.93.